The third kappa shape index (κ3) is 3.48. The number of hydrogen-bond donors (Lipinski definition) is 1. The van der Waals surface area contributed by atoms with Crippen molar-refractivity contribution in [1.82, 2.24) is 5.32 Å². The second-order valence-corrected chi connectivity index (χ2v) is 8.22. The fraction of sp³-hybridized carbons (Fsp3) is 0.417. The topological polar surface area (TPSA) is 38.3 Å². The van der Waals surface area contributed by atoms with Gasteiger partial charge in [0, 0.05) is 22.7 Å². The molecular formula is C12H12I3NO2. The number of carbonyl (C=O) groups is 1. The Bertz CT molecular complexity index is 486. The van der Waals surface area contributed by atoms with Crippen molar-refractivity contribution in [3.8, 4) is 0 Å². The number of carbonyl (C=O) groups excluding carboxylic acids is 1. The van der Waals surface area contributed by atoms with Crippen LogP contribution in [0, 0.1) is 16.1 Å². The summed E-state index contributed by atoms with van der Waals surface area (Å²) in [4.78, 5) is 12.2. The summed E-state index contributed by atoms with van der Waals surface area (Å²) in [5.41, 5.74) is 0.867. The molecule has 1 aliphatic rings. The van der Waals surface area contributed by atoms with Gasteiger partial charge in [0.15, 0.2) is 0 Å². The van der Waals surface area contributed by atoms with Crippen molar-refractivity contribution in [2.45, 2.75) is 6.92 Å². The van der Waals surface area contributed by atoms with Crippen LogP contribution in [0.3, 0.4) is 0 Å². The summed E-state index contributed by atoms with van der Waals surface area (Å²) >= 11 is 6.72. The van der Waals surface area contributed by atoms with Crippen molar-refractivity contribution in [3.63, 3.8) is 0 Å². The standard InChI is InChI=1S/C12H12I3NO2/c1-12(5-18-6-12)4-16-11(17)8-2-7(13)3-9(14)10(8)15/h2-3H,4-6H2,1H3,(H,16,17). The molecule has 0 atom stereocenters. The number of halogens is 3. The first-order valence-corrected chi connectivity index (χ1v) is 8.65. The van der Waals surface area contributed by atoms with Crippen LogP contribution in [-0.2, 0) is 4.74 Å². The van der Waals surface area contributed by atoms with Crippen molar-refractivity contribution in [2.75, 3.05) is 19.8 Å². The first-order valence-electron chi connectivity index (χ1n) is 5.42. The Morgan fingerprint density at radius 3 is 2.61 bits per heavy atom. The maximum atomic E-state index is 12.2. The zero-order chi connectivity index (χ0) is 13.3. The maximum Gasteiger partial charge on any atom is 0.252 e. The number of benzene rings is 1. The summed E-state index contributed by atoms with van der Waals surface area (Å²) in [5.74, 6) is 0.00366. The molecule has 18 heavy (non-hydrogen) atoms. The monoisotopic (exact) mass is 583 g/mol. The van der Waals surface area contributed by atoms with E-state index in [0.717, 1.165) is 29.5 Å². The molecule has 1 aromatic rings. The highest BCUT2D eigenvalue weighted by atomic mass is 127. The van der Waals surface area contributed by atoms with Gasteiger partial charge in [0.05, 0.1) is 18.8 Å². The molecule has 0 bridgehead atoms. The van der Waals surface area contributed by atoms with Crippen LogP contribution in [0.5, 0.6) is 0 Å². The van der Waals surface area contributed by atoms with Gasteiger partial charge in [0.1, 0.15) is 0 Å². The molecule has 1 aliphatic heterocycles. The largest absolute Gasteiger partial charge is 0.380 e. The van der Waals surface area contributed by atoms with E-state index in [-0.39, 0.29) is 11.3 Å². The minimum absolute atomic E-state index is 0.00366. The van der Waals surface area contributed by atoms with Crippen LogP contribution in [-0.4, -0.2) is 25.7 Å². The lowest BCUT2D eigenvalue weighted by atomic mass is 9.89. The third-order valence-electron chi connectivity index (χ3n) is 2.81. The van der Waals surface area contributed by atoms with Crippen molar-refractivity contribution in [3.05, 3.63) is 28.4 Å². The Morgan fingerprint density at radius 1 is 1.39 bits per heavy atom. The quantitative estimate of drug-likeness (QED) is 0.439. The van der Waals surface area contributed by atoms with E-state index < -0.39 is 0 Å². The second kappa shape index (κ2) is 6.08. The van der Waals surface area contributed by atoms with Gasteiger partial charge in [0.25, 0.3) is 5.91 Å². The molecule has 0 aliphatic carbocycles. The average molecular weight is 583 g/mol. The average Bonchev–Trinajstić information content (AvgIpc) is 2.28. The molecule has 6 heteroatoms. The summed E-state index contributed by atoms with van der Waals surface area (Å²) in [7, 11) is 0. The van der Waals surface area contributed by atoms with Gasteiger partial charge in [-0.1, -0.05) is 6.92 Å². The number of nitrogens with one attached hydrogen (secondary N) is 1. The Kier molecular flexibility index (Phi) is 5.15. The van der Waals surface area contributed by atoms with E-state index in [4.69, 9.17) is 4.74 Å². The van der Waals surface area contributed by atoms with E-state index in [1.807, 2.05) is 6.07 Å². The van der Waals surface area contributed by atoms with Crippen molar-refractivity contribution in [2.24, 2.45) is 5.41 Å². The number of amides is 1. The van der Waals surface area contributed by atoms with E-state index >= 15 is 0 Å². The zero-order valence-electron chi connectivity index (χ0n) is 9.73. The van der Waals surface area contributed by atoms with Gasteiger partial charge < -0.3 is 10.1 Å². The molecule has 0 unspecified atom stereocenters. The van der Waals surface area contributed by atoms with E-state index in [2.05, 4.69) is 86.1 Å². The highest BCUT2D eigenvalue weighted by molar-refractivity contribution is 14.1. The molecule has 1 heterocycles. The Labute approximate surface area is 147 Å². The molecule has 1 amide bonds. The zero-order valence-corrected chi connectivity index (χ0v) is 16.2. The molecule has 0 spiro atoms. The number of rotatable bonds is 3. The third-order valence-corrected chi connectivity index (χ3v) is 6.48. The lowest BCUT2D eigenvalue weighted by Gasteiger charge is -2.38. The smallest absolute Gasteiger partial charge is 0.252 e. The summed E-state index contributed by atoms with van der Waals surface area (Å²) in [6, 6.07) is 4.00. The van der Waals surface area contributed by atoms with Crippen molar-refractivity contribution >= 4 is 73.7 Å². The van der Waals surface area contributed by atoms with Crippen LogP contribution < -0.4 is 5.32 Å². The minimum Gasteiger partial charge on any atom is -0.380 e. The molecule has 0 radical (unpaired) electrons. The molecule has 2 rings (SSSR count). The number of hydrogen-bond acceptors (Lipinski definition) is 2. The van der Waals surface area contributed by atoms with Gasteiger partial charge in [-0.15, -0.1) is 0 Å². The summed E-state index contributed by atoms with van der Waals surface area (Å²) in [5, 5.41) is 3.01. The van der Waals surface area contributed by atoms with Crippen LogP contribution in [0.4, 0.5) is 0 Å². The summed E-state index contributed by atoms with van der Waals surface area (Å²) < 4.78 is 8.40. The van der Waals surface area contributed by atoms with Crippen molar-refractivity contribution in [1.29, 1.82) is 0 Å². The van der Waals surface area contributed by atoms with E-state index in [1.165, 1.54) is 0 Å². The minimum atomic E-state index is 0.00366. The van der Waals surface area contributed by atoms with Gasteiger partial charge in [-0.25, -0.2) is 0 Å². The lowest BCUT2D eigenvalue weighted by Crippen LogP contribution is -2.48. The summed E-state index contributed by atoms with van der Waals surface area (Å²) in [6.45, 7) is 4.26. The Morgan fingerprint density at radius 2 is 2.06 bits per heavy atom. The fourth-order valence-electron chi connectivity index (χ4n) is 1.66. The van der Waals surface area contributed by atoms with Gasteiger partial charge in [0.2, 0.25) is 0 Å². The molecule has 1 N–H and O–H groups in total. The maximum absolute atomic E-state index is 12.2. The SMILES string of the molecule is CC1(CNC(=O)c2cc(I)cc(I)c2I)COC1. The van der Waals surface area contributed by atoms with E-state index in [1.54, 1.807) is 0 Å². The van der Waals surface area contributed by atoms with Crippen LogP contribution >= 0.6 is 67.8 Å². The van der Waals surface area contributed by atoms with Crippen LogP contribution in [0.15, 0.2) is 12.1 Å². The molecule has 1 aromatic carbocycles. The normalized spacial score (nSPS) is 17.1. The highest BCUT2D eigenvalue weighted by Crippen LogP contribution is 2.26. The predicted molar refractivity (Wildman–Crippen MR) is 95.9 cm³/mol. The van der Waals surface area contributed by atoms with Crippen LogP contribution in [0.1, 0.15) is 17.3 Å². The van der Waals surface area contributed by atoms with Crippen LogP contribution in [0.25, 0.3) is 0 Å². The molecule has 0 aromatic heterocycles. The first-order chi connectivity index (χ1) is 8.41. The highest BCUT2D eigenvalue weighted by Gasteiger charge is 2.33. The van der Waals surface area contributed by atoms with Gasteiger partial charge in [-0.05, 0) is 79.9 Å². The fourth-order valence-corrected chi connectivity index (χ4v) is 4.06. The van der Waals surface area contributed by atoms with Crippen LogP contribution in [0.2, 0.25) is 0 Å². The van der Waals surface area contributed by atoms with Gasteiger partial charge in [-0.3, -0.25) is 4.79 Å². The lowest BCUT2D eigenvalue weighted by molar-refractivity contribution is -0.0978. The van der Waals surface area contributed by atoms with Crippen molar-refractivity contribution < 1.29 is 9.53 Å². The van der Waals surface area contributed by atoms with Gasteiger partial charge in [-0.2, -0.15) is 0 Å². The molecule has 3 nitrogen and oxygen atoms in total. The molecule has 1 saturated heterocycles. The Balaban J connectivity index is 2.09. The summed E-state index contributed by atoms with van der Waals surface area (Å²) in [6.07, 6.45) is 0. The van der Waals surface area contributed by atoms with Gasteiger partial charge >= 0.3 is 0 Å². The number of ether oxygens (including phenoxy) is 1. The Hall–Kier alpha value is 0.840. The van der Waals surface area contributed by atoms with E-state index in [9.17, 15) is 4.79 Å². The van der Waals surface area contributed by atoms with E-state index in [0.29, 0.717) is 6.54 Å². The molecular weight excluding hydrogens is 571 g/mol. The molecule has 0 saturated carbocycles. The first kappa shape index (κ1) is 15.2. The second-order valence-electron chi connectivity index (χ2n) is 4.74. The molecule has 1 fully saturated rings. The predicted octanol–water partition coefficient (Wildman–Crippen LogP) is 3.27. The molecule has 98 valence electrons.